The van der Waals surface area contributed by atoms with E-state index in [0.29, 0.717) is 41.9 Å². The van der Waals surface area contributed by atoms with Gasteiger partial charge in [-0.3, -0.25) is 0 Å². The molecule has 1 heterocycles. The molecule has 0 aliphatic carbocycles. The van der Waals surface area contributed by atoms with E-state index in [4.69, 9.17) is 23.2 Å². The second-order valence-electron chi connectivity index (χ2n) is 5.51. The number of hydrogen-bond acceptors (Lipinski definition) is 2. The van der Waals surface area contributed by atoms with Gasteiger partial charge in [-0.1, -0.05) is 23.2 Å². The molecule has 1 N–H and O–H groups in total. The standard InChI is InChI=1S/C17H16Cl2FN3O/c18-15-6-3-13(11-16(15)19)21-17(24)23-9-7-22(8-10-23)14-4-1-12(20)2-5-14/h1-6,11H,7-10H2,(H,21,24). The number of nitrogens with zero attached hydrogens (tertiary/aromatic N) is 2. The van der Waals surface area contributed by atoms with Gasteiger partial charge in [0.05, 0.1) is 10.0 Å². The zero-order chi connectivity index (χ0) is 17.1. The third kappa shape index (κ3) is 3.91. The molecule has 1 saturated heterocycles. The third-order valence-corrected chi connectivity index (χ3v) is 4.67. The van der Waals surface area contributed by atoms with Gasteiger partial charge in [0.25, 0.3) is 0 Å². The Hall–Kier alpha value is -1.98. The number of nitrogens with one attached hydrogen (secondary N) is 1. The van der Waals surface area contributed by atoms with Crippen LogP contribution in [0.15, 0.2) is 42.5 Å². The number of piperazine rings is 1. The molecule has 0 bridgehead atoms. The second-order valence-corrected chi connectivity index (χ2v) is 6.32. The average Bonchev–Trinajstić information content (AvgIpc) is 2.59. The average molecular weight is 368 g/mol. The molecule has 7 heteroatoms. The molecule has 0 atom stereocenters. The molecule has 1 aliphatic rings. The van der Waals surface area contributed by atoms with Gasteiger partial charge in [-0.05, 0) is 42.5 Å². The van der Waals surface area contributed by atoms with E-state index in [1.807, 2.05) is 0 Å². The molecule has 4 nitrogen and oxygen atoms in total. The molecule has 2 aromatic carbocycles. The zero-order valence-corrected chi connectivity index (χ0v) is 14.3. The summed E-state index contributed by atoms with van der Waals surface area (Å²) in [4.78, 5) is 16.2. The van der Waals surface area contributed by atoms with E-state index in [-0.39, 0.29) is 11.8 Å². The predicted octanol–water partition coefficient (Wildman–Crippen LogP) is 4.49. The number of anilines is 2. The van der Waals surface area contributed by atoms with Crippen molar-refractivity contribution in [3.63, 3.8) is 0 Å². The van der Waals surface area contributed by atoms with E-state index in [1.54, 1.807) is 35.2 Å². The van der Waals surface area contributed by atoms with Crippen LogP contribution in [0.4, 0.5) is 20.6 Å². The molecule has 1 aliphatic heterocycles. The second kappa shape index (κ2) is 7.28. The van der Waals surface area contributed by atoms with E-state index in [2.05, 4.69) is 10.2 Å². The normalized spacial score (nSPS) is 14.6. The molecule has 0 saturated carbocycles. The summed E-state index contributed by atoms with van der Waals surface area (Å²) in [5, 5.41) is 3.66. The molecular weight excluding hydrogens is 352 g/mol. The minimum atomic E-state index is -0.251. The number of halogens is 3. The topological polar surface area (TPSA) is 35.6 Å². The largest absolute Gasteiger partial charge is 0.368 e. The monoisotopic (exact) mass is 367 g/mol. The number of rotatable bonds is 2. The number of amides is 2. The van der Waals surface area contributed by atoms with Crippen molar-refractivity contribution in [2.75, 3.05) is 36.4 Å². The fourth-order valence-corrected chi connectivity index (χ4v) is 2.89. The van der Waals surface area contributed by atoms with Crippen LogP contribution in [0.25, 0.3) is 0 Å². The summed E-state index contributed by atoms with van der Waals surface area (Å²) in [7, 11) is 0. The van der Waals surface area contributed by atoms with Crippen LogP contribution in [-0.4, -0.2) is 37.1 Å². The number of carbonyl (C=O) groups excluding carboxylic acids is 1. The highest BCUT2D eigenvalue weighted by Gasteiger charge is 2.21. The van der Waals surface area contributed by atoms with Crippen molar-refractivity contribution < 1.29 is 9.18 Å². The highest BCUT2D eigenvalue weighted by Crippen LogP contribution is 2.25. The van der Waals surface area contributed by atoms with E-state index >= 15 is 0 Å². The van der Waals surface area contributed by atoms with Crippen LogP contribution in [0.2, 0.25) is 10.0 Å². The van der Waals surface area contributed by atoms with E-state index < -0.39 is 0 Å². The van der Waals surface area contributed by atoms with Crippen LogP contribution in [0.3, 0.4) is 0 Å². The van der Waals surface area contributed by atoms with Crippen LogP contribution in [0.5, 0.6) is 0 Å². The van der Waals surface area contributed by atoms with Crippen molar-refractivity contribution in [1.82, 2.24) is 4.90 Å². The Morgan fingerprint density at radius 1 is 0.958 bits per heavy atom. The summed E-state index contributed by atoms with van der Waals surface area (Å²) in [6, 6.07) is 11.2. The highest BCUT2D eigenvalue weighted by molar-refractivity contribution is 6.42. The van der Waals surface area contributed by atoms with Gasteiger partial charge in [-0.15, -0.1) is 0 Å². The van der Waals surface area contributed by atoms with Crippen LogP contribution >= 0.6 is 23.2 Å². The maximum Gasteiger partial charge on any atom is 0.321 e. The summed E-state index contributed by atoms with van der Waals surface area (Å²) in [6.07, 6.45) is 0. The smallest absolute Gasteiger partial charge is 0.321 e. The number of benzene rings is 2. The van der Waals surface area contributed by atoms with E-state index in [9.17, 15) is 9.18 Å². The van der Waals surface area contributed by atoms with Crippen LogP contribution in [-0.2, 0) is 0 Å². The SMILES string of the molecule is O=C(Nc1ccc(Cl)c(Cl)c1)N1CCN(c2ccc(F)cc2)CC1. The Kier molecular flexibility index (Phi) is 5.11. The van der Waals surface area contributed by atoms with Gasteiger partial charge in [0.1, 0.15) is 5.82 Å². The first kappa shape index (κ1) is 16.9. The predicted molar refractivity (Wildman–Crippen MR) is 95.7 cm³/mol. The van der Waals surface area contributed by atoms with Gasteiger partial charge in [-0.25, -0.2) is 9.18 Å². The lowest BCUT2D eigenvalue weighted by Crippen LogP contribution is -2.50. The Labute approximate surface area is 149 Å². The van der Waals surface area contributed by atoms with E-state index in [0.717, 1.165) is 5.69 Å². The molecule has 3 rings (SSSR count). The quantitative estimate of drug-likeness (QED) is 0.848. The van der Waals surface area contributed by atoms with Crippen molar-refractivity contribution in [3.8, 4) is 0 Å². The summed E-state index contributed by atoms with van der Waals surface area (Å²) in [5.74, 6) is -0.251. The fourth-order valence-electron chi connectivity index (χ4n) is 2.60. The molecule has 0 spiro atoms. The maximum atomic E-state index is 13.0. The van der Waals surface area contributed by atoms with Gasteiger partial charge < -0.3 is 15.1 Å². The molecule has 2 amide bonds. The van der Waals surface area contributed by atoms with Crippen molar-refractivity contribution in [3.05, 3.63) is 58.3 Å². The summed E-state index contributed by atoms with van der Waals surface area (Å²) < 4.78 is 13.0. The molecular formula is C17H16Cl2FN3O. The maximum absolute atomic E-state index is 13.0. The molecule has 24 heavy (non-hydrogen) atoms. The summed E-state index contributed by atoms with van der Waals surface area (Å²) in [5.41, 5.74) is 1.57. The lowest BCUT2D eigenvalue weighted by Gasteiger charge is -2.36. The first-order valence-corrected chi connectivity index (χ1v) is 8.30. The Morgan fingerprint density at radius 2 is 1.62 bits per heavy atom. The minimum absolute atomic E-state index is 0.174. The van der Waals surface area contributed by atoms with Crippen molar-refractivity contribution in [2.45, 2.75) is 0 Å². The first-order valence-electron chi connectivity index (χ1n) is 7.54. The Bertz CT molecular complexity index is 731. The zero-order valence-electron chi connectivity index (χ0n) is 12.8. The Balaban J connectivity index is 1.56. The van der Waals surface area contributed by atoms with E-state index in [1.165, 1.54) is 12.1 Å². The fraction of sp³-hybridized carbons (Fsp3) is 0.235. The van der Waals surface area contributed by atoms with Crippen molar-refractivity contribution >= 4 is 40.6 Å². The number of urea groups is 1. The lowest BCUT2D eigenvalue weighted by atomic mass is 10.2. The third-order valence-electron chi connectivity index (χ3n) is 3.93. The highest BCUT2D eigenvalue weighted by atomic mass is 35.5. The molecule has 1 fully saturated rings. The van der Waals surface area contributed by atoms with Gasteiger partial charge in [0.2, 0.25) is 0 Å². The minimum Gasteiger partial charge on any atom is -0.368 e. The van der Waals surface area contributed by atoms with Crippen molar-refractivity contribution in [2.24, 2.45) is 0 Å². The molecule has 0 radical (unpaired) electrons. The van der Waals surface area contributed by atoms with Gasteiger partial charge in [-0.2, -0.15) is 0 Å². The van der Waals surface area contributed by atoms with Gasteiger partial charge >= 0.3 is 6.03 Å². The molecule has 2 aromatic rings. The lowest BCUT2D eigenvalue weighted by molar-refractivity contribution is 0.208. The number of hydrogen-bond donors (Lipinski definition) is 1. The van der Waals surface area contributed by atoms with Gasteiger partial charge in [0, 0.05) is 37.6 Å². The summed E-state index contributed by atoms with van der Waals surface area (Å²) >= 11 is 11.8. The first-order chi connectivity index (χ1) is 11.5. The van der Waals surface area contributed by atoms with Crippen LogP contribution in [0, 0.1) is 5.82 Å². The molecule has 126 valence electrons. The summed E-state index contributed by atoms with van der Waals surface area (Å²) in [6.45, 7) is 2.57. The van der Waals surface area contributed by atoms with Gasteiger partial charge in [0.15, 0.2) is 0 Å². The molecule has 0 unspecified atom stereocenters. The van der Waals surface area contributed by atoms with Crippen LogP contribution in [0.1, 0.15) is 0 Å². The van der Waals surface area contributed by atoms with Crippen LogP contribution < -0.4 is 10.2 Å². The Morgan fingerprint density at radius 3 is 2.25 bits per heavy atom. The number of carbonyl (C=O) groups is 1. The van der Waals surface area contributed by atoms with Crippen molar-refractivity contribution in [1.29, 1.82) is 0 Å². The molecule has 0 aromatic heterocycles.